The fourth-order valence-corrected chi connectivity index (χ4v) is 4.51. The van der Waals surface area contributed by atoms with Crippen LogP contribution in [0.4, 0.5) is 5.82 Å². The van der Waals surface area contributed by atoms with E-state index in [4.69, 9.17) is 9.97 Å². The number of piperidine rings is 1. The number of benzene rings is 1. The highest BCUT2D eigenvalue weighted by Gasteiger charge is 2.30. The molecule has 140 valence electrons. The van der Waals surface area contributed by atoms with E-state index < -0.39 is 0 Å². The Bertz CT molecular complexity index is 928. The summed E-state index contributed by atoms with van der Waals surface area (Å²) in [5.74, 6) is 1.84. The highest BCUT2D eigenvalue weighted by Crippen LogP contribution is 2.30. The zero-order valence-corrected chi connectivity index (χ0v) is 15.9. The highest BCUT2D eigenvalue weighted by molar-refractivity contribution is 5.88. The van der Waals surface area contributed by atoms with Crippen LogP contribution in [0.5, 0.6) is 0 Å². The van der Waals surface area contributed by atoms with Crippen LogP contribution < -0.4 is 4.90 Å². The van der Waals surface area contributed by atoms with Gasteiger partial charge in [0.25, 0.3) is 0 Å². The van der Waals surface area contributed by atoms with Crippen LogP contribution in [0.1, 0.15) is 31.5 Å². The molecule has 27 heavy (non-hydrogen) atoms. The molecular weight excluding hydrogens is 336 g/mol. The fourth-order valence-electron chi connectivity index (χ4n) is 4.51. The summed E-state index contributed by atoms with van der Waals surface area (Å²) in [4.78, 5) is 14.6. The van der Waals surface area contributed by atoms with Crippen molar-refractivity contribution in [1.29, 1.82) is 0 Å². The van der Waals surface area contributed by atoms with Crippen molar-refractivity contribution >= 4 is 16.9 Å². The number of anilines is 1. The van der Waals surface area contributed by atoms with Gasteiger partial charge in [0.05, 0.1) is 17.3 Å². The predicted octanol–water partition coefficient (Wildman–Crippen LogP) is 3.19. The predicted molar refractivity (Wildman–Crippen MR) is 107 cm³/mol. The van der Waals surface area contributed by atoms with Gasteiger partial charge in [0, 0.05) is 19.1 Å². The summed E-state index contributed by atoms with van der Waals surface area (Å²) in [7, 11) is 0. The maximum absolute atomic E-state index is 4.81. The molecule has 2 saturated heterocycles. The van der Waals surface area contributed by atoms with Crippen LogP contribution in [0.15, 0.2) is 36.5 Å². The Morgan fingerprint density at radius 3 is 2.59 bits per heavy atom. The molecule has 5 rings (SSSR count). The van der Waals surface area contributed by atoms with Crippen molar-refractivity contribution in [2.45, 2.75) is 38.6 Å². The molecular formula is C21H26N6. The van der Waals surface area contributed by atoms with Gasteiger partial charge in [-0.3, -0.25) is 4.90 Å². The number of nitrogens with zero attached hydrogens (tertiary/aromatic N) is 6. The molecule has 1 atom stereocenters. The van der Waals surface area contributed by atoms with Crippen molar-refractivity contribution in [3.63, 3.8) is 0 Å². The molecule has 6 nitrogen and oxygen atoms in total. The van der Waals surface area contributed by atoms with E-state index in [9.17, 15) is 0 Å². The molecule has 2 aliphatic rings. The molecule has 2 aromatic heterocycles. The molecule has 0 spiro atoms. The van der Waals surface area contributed by atoms with Crippen molar-refractivity contribution in [3.8, 4) is 5.69 Å². The second-order valence-electron chi connectivity index (χ2n) is 7.71. The van der Waals surface area contributed by atoms with Gasteiger partial charge in [-0.15, -0.1) is 0 Å². The third-order valence-electron chi connectivity index (χ3n) is 5.89. The number of aryl methyl sites for hydroxylation is 1. The number of para-hydroxylation sites is 1. The molecule has 0 radical (unpaired) electrons. The number of rotatable bonds is 3. The molecule has 1 unspecified atom stereocenters. The summed E-state index contributed by atoms with van der Waals surface area (Å²) >= 11 is 0. The van der Waals surface area contributed by atoms with E-state index in [2.05, 4.69) is 27.0 Å². The van der Waals surface area contributed by atoms with Crippen LogP contribution >= 0.6 is 0 Å². The van der Waals surface area contributed by atoms with Crippen LogP contribution in [0, 0.1) is 6.92 Å². The van der Waals surface area contributed by atoms with E-state index >= 15 is 0 Å². The van der Waals surface area contributed by atoms with Crippen molar-refractivity contribution in [1.82, 2.24) is 24.6 Å². The number of likely N-dealkylation sites (tertiary alicyclic amines) is 1. The molecule has 0 amide bonds. The Kier molecular flexibility index (Phi) is 4.28. The number of hydrogen-bond donors (Lipinski definition) is 0. The number of fused-ring (bicyclic) bond motifs is 1. The van der Waals surface area contributed by atoms with Gasteiger partial charge in [-0.2, -0.15) is 5.10 Å². The van der Waals surface area contributed by atoms with E-state index in [0.717, 1.165) is 41.5 Å². The number of hydrogen-bond acceptors (Lipinski definition) is 5. The fraction of sp³-hybridized carbons (Fsp3) is 0.476. The Balaban J connectivity index is 1.48. The zero-order valence-electron chi connectivity index (χ0n) is 15.9. The van der Waals surface area contributed by atoms with Gasteiger partial charge in [0.15, 0.2) is 5.65 Å². The molecule has 3 aromatic rings. The number of aromatic nitrogens is 4. The summed E-state index contributed by atoms with van der Waals surface area (Å²) in [5, 5.41) is 5.67. The van der Waals surface area contributed by atoms with Gasteiger partial charge in [0.2, 0.25) is 0 Å². The lowest BCUT2D eigenvalue weighted by Crippen LogP contribution is -2.41. The summed E-state index contributed by atoms with van der Waals surface area (Å²) in [6.45, 7) is 6.60. The SMILES string of the molecule is Cc1nc(N2CCC(N3CCCCC3)C2)c2cnn(-c3ccccc3)c2n1. The summed E-state index contributed by atoms with van der Waals surface area (Å²) in [5.41, 5.74) is 1.93. The minimum atomic E-state index is 0.653. The quantitative estimate of drug-likeness (QED) is 0.716. The minimum absolute atomic E-state index is 0.653. The highest BCUT2D eigenvalue weighted by atomic mass is 15.3. The Hall–Kier alpha value is -2.47. The second-order valence-corrected chi connectivity index (χ2v) is 7.71. The van der Waals surface area contributed by atoms with Crippen molar-refractivity contribution in [3.05, 3.63) is 42.4 Å². The Morgan fingerprint density at radius 1 is 0.963 bits per heavy atom. The van der Waals surface area contributed by atoms with Crippen LogP contribution in [0.3, 0.4) is 0 Å². The molecule has 2 aliphatic heterocycles. The molecule has 0 N–H and O–H groups in total. The lowest BCUT2D eigenvalue weighted by molar-refractivity contribution is 0.175. The molecule has 2 fully saturated rings. The first kappa shape index (κ1) is 16.7. The van der Waals surface area contributed by atoms with E-state index in [-0.39, 0.29) is 0 Å². The standard InChI is InChI=1S/C21H26N6/c1-16-23-20(26-13-10-18(15-26)25-11-6-3-7-12-25)19-14-22-27(21(19)24-16)17-8-4-2-5-9-17/h2,4-5,8-9,14,18H,3,6-7,10-13,15H2,1H3. The second kappa shape index (κ2) is 6.93. The van der Waals surface area contributed by atoms with E-state index in [1.54, 1.807) is 0 Å². The van der Waals surface area contributed by atoms with Gasteiger partial charge >= 0.3 is 0 Å². The van der Waals surface area contributed by atoms with Crippen LogP contribution in [-0.4, -0.2) is 56.9 Å². The van der Waals surface area contributed by atoms with E-state index in [1.807, 2.05) is 36.0 Å². The first-order valence-electron chi connectivity index (χ1n) is 10.1. The van der Waals surface area contributed by atoms with E-state index in [1.165, 1.54) is 38.8 Å². The molecule has 4 heterocycles. The Morgan fingerprint density at radius 2 is 1.78 bits per heavy atom. The smallest absolute Gasteiger partial charge is 0.168 e. The zero-order chi connectivity index (χ0) is 18.2. The first-order chi connectivity index (χ1) is 13.3. The summed E-state index contributed by atoms with van der Waals surface area (Å²) in [6.07, 6.45) is 7.22. The monoisotopic (exact) mass is 362 g/mol. The normalized spacial score (nSPS) is 21.2. The summed E-state index contributed by atoms with van der Waals surface area (Å²) < 4.78 is 1.92. The maximum Gasteiger partial charge on any atom is 0.168 e. The van der Waals surface area contributed by atoms with Crippen molar-refractivity contribution in [2.75, 3.05) is 31.1 Å². The largest absolute Gasteiger partial charge is 0.354 e. The van der Waals surface area contributed by atoms with Crippen LogP contribution in [0.2, 0.25) is 0 Å². The van der Waals surface area contributed by atoms with Crippen molar-refractivity contribution in [2.24, 2.45) is 0 Å². The van der Waals surface area contributed by atoms with Crippen LogP contribution in [0.25, 0.3) is 16.7 Å². The topological polar surface area (TPSA) is 50.1 Å². The van der Waals surface area contributed by atoms with Gasteiger partial charge in [0.1, 0.15) is 11.6 Å². The molecule has 0 bridgehead atoms. The molecule has 1 aromatic carbocycles. The van der Waals surface area contributed by atoms with Gasteiger partial charge in [-0.25, -0.2) is 14.6 Å². The molecule has 0 aliphatic carbocycles. The first-order valence-corrected chi connectivity index (χ1v) is 10.1. The Labute approximate surface area is 159 Å². The van der Waals surface area contributed by atoms with Gasteiger partial charge < -0.3 is 4.90 Å². The summed E-state index contributed by atoms with van der Waals surface area (Å²) in [6, 6.07) is 10.9. The van der Waals surface area contributed by atoms with Crippen molar-refractivity contribution < 1.29 is 0 Å². The lowest BCUT2D eigenvalue weighted by atomic mass is 10.1. The minimum Gasteiger partial charge on any atom is -0.354 e. The third kappa shape index (κ3) is 3.08. The lowest BCUT2D eigenvalue weighted by Gasteiger charge is -2.32. The molecule has 6 heteroatoms. The van der Waals surface area contributed by atoms with E-state index in [0.29, 0.717) is 6.04 Å². The molecule has 0 saturated carbocycles. The average Bonchev–Trinajstić information content (AvgIpc) is 3.36. The van der Waals surface area contributed by atoms with Gasteiger partial charge in [-0.05, 0) is 51.4 Å². The van der Waals surface area contributed by atoms with Crippen LogP contribution in [-0.2, 0) is 0 Å². The van der Waals surface area contributed by atoms with Gasteiger partial charge in [-0.1, -0.05) is 24.6 Å². The average molecular weight is 362 g/mol. The third-order valence-corrected chi connectivity index (χ3v) is 5.89. The maximum atomic E-state index is 4.81.